The van der Waals surface area contributed by atoms with Crippen LogP contribution in [0.5, 0.6) is 5.75 Å². The van der Waals surface area contributed by atoms with Crippen LogP contribution in [-0.4, -0.2) is 34.4 Å². The molecule has 3 N–H and O–H groups in total. The normalized spacial score (nSPS) is 15.3. The average Bonchev–Trinajstić information content (AvgIpc) is 2.86. The van der Waals surface area contributed by atoms with E-state index in [4.69, 9.17) is 0 Å². The van der Waals surface area contributed by atoms with E-state index in [1.807, 2.05) is 6.07 Å². The first-order chi connectivity index (χ1) is 12.4. The zero-order valence-electron chi connectivity index (χ0n) is 13.4. The number of benzene rings is 2. The van der Waals surface area contributed by atoms with Gasteiger partial charge in [0.05, 0.1) is 0 Å². The van der Waals surface area contributed by atoms with Crippen LogP contribution in [0.15, 0.2) is 58.7 Å². The molecule has 1 aliphatic rings. The monoisotopic (exact) mass is 415 g/mol. The average molecular weight is 416 g/mol. The lowest BCUT2D eigenvalue weighted by Crippen LogP contribution is -2.38. The highest BCUT2D eigenvalue weighted by Crippen LogP contribution is 2.25. The summed E-state index contributed by atoms with van der Waals surface area (Å²) < 4.78 is 0.706. The van der Waals surface area contributed by atoms with Gasteiger partial charge in [0.1, 0.15) is 18.0 Å². The van der Waals surface area contributed by atoms with Gasteiger partial charge in [-0.1, -0.05) is 34.1 Å². The first kappa shape index (κ1) is 17.7. The zero-order chi connectivity index (χ0) is 18.7. The molecular formula is C18H14BrN3O4. The van der Waals surface area contributed by atoms with Gasteiger partial charge in [-0.15, -0.1) is 0 Å². The summed E-state index contributed by atoms with van der Waals surface area (Å²) in [6, 6.07) is 12.7. The molecule has 0 bridgehead atoms. The lowest BCUT2D eigenvalue weighted by atomic mass is 10.1. The Hall–Kier alpha value is -3.13. The number of hydrogen-bond acceptors (Lipinski definition) is 4. The van der Waals surface area contributed by atoms with Crippen LogP contribution < -0.4 is 10.6 Å². The number of imide groups is 1. The van der Waals surface area contributed by atoms with Gasteiger partial charge < -0.3 is 15.7 Å². The molecule has 0 atom stereocenters. The molecule has 8 heteroatoms. The van der Waals surface area contributed by atoms with E-state index in [9.17, 15) is 19.5 Å². The number of phenols is 1. The molecule has 2 aromatic carbocycles. The number of phenolic OH excluding ortho intramolecular Hbond substituents is 1. The van der Waals surface area contributed by atoms with Crippen molar-refractivity contribution in [2.75, 3.05) is 11.9 Å². The van der Waals surface area contributed by atoms with Gasteiger partial charge in [0.25, 0.3) is 5.91 Å². The second-order valence-electron chi connectivity index (χ2n) is 5.50. The Morgan fingerprint density at radius 3 is 2.65 bits per heavy atom. The number of aromatic hydroxyl groups is 1. The molecule has 7 nitrogen and oxygen atoms in total. The fourth-order valence-electron chi connectivity index (χ4n) is 2.38. The Balaban J connectivity index is 1.73. The van der Waals surface area contributed by atoms with Gasteiger partial charge in [0.2, 0.25) is 5.91 Å². The number of carbonyl (C=O) groups is 3. The fraction of sp³-hybridized carbons (Fsp3) is 0.0556. The van der Waals surface area contributed by atoms with Crippen LogP contribution in [0.4, 0.5) is 10.5 Å². The number of carbonyl (C=O) groups excluding carboxylic acids is 3. The van der Waals surface area contributed by atoms with Gasteiger partial charge in [-0.25, -0.2) is 9.69 Å². The van der Waals surface area contributed by atoms with Crippen LogP contribution >= 0.6 is 15.9 Å². The van der Waals surface area contributed by atoms with Crippen molar-refractivity contribution >= 4 is 45.5 Å². The highest BCUT2D eigenvalue weighted by Gasteiger charge is 2.35. The summed E-state index contributed by atoms with van der Waals surface area (Å²) in [5.41, 5.74) is 0.911. The van der Waals surface area contributed by atoms with Crippen LogP contribution in [0, 0.1) is 0 Å². The molecule has 1 saturated heterocycles. The fourth-order valence-corrected chi connectivity index (χ4v) is 2.76. The maximum atomic E-state index is 12.4. The second kappa shape index (κ2) is 7.40. The van der Waals surface area contributed by atoms with E-state index >= 15 is 0 Å². The summed E-state index contributed by atoms with van der Waals surface area (Å²) in [7, 11) is 0. The molecule has 1 aliphatic heterocycles. The molecule has 0 aliphatic carbocycles. The summed E-state index contributed by atoms with van der Waals surface area (Å²) in [6.07, 6.45) is 1.36. The number of nitrogens with zero attached hydrogens (tertiary/aromatic N) is 1. The molecule has 0 aromatic heterocycles. The van der Waals surface area contributed by atoms with Gasteiger partial charge in [-0.2, -0.15) is 0 Å². The van der Waals surface area contributed by atoms with Crippen LogP contribution in [-0.2, 0) is 9.59 Å². The van der Waals surface area contributed by atoms with Crippen molar-refractivity contribution in [1.82, 2.24) is 10.2 Å². The topological polar surface area (TPSA) is 98.7 Å². The third-order valence-corrected chi connectivity index (χ3v) is 4.10. The molecular weight excluding hydrogens is 402 g/mol. The number of urea groups is 1. The number of amides is 4. The predicted molar refractivity (Wildman–Crippen MR) is 99.1 cm³/mol. The molecule has 1 fully saturated rings. The first-order valence-electron chi connectivity index (χ1n) is 7.62. The van der Waals surface area contributed by atoms with Gasteiger partial charge in [-0.3, -0.25) is 9.59 Å². The molecule has 0 unspecified atom stereocenters. The molecule has 0 spiro atoms. The van der Waals surface area contributed by atoms with E-state index < -0.39 is 24.4 Å². The third-order valence-electron chi connectivity index (χ3n) is 3.61. The second-order valence-corrected chi connectivity index (χ2v) is 6.41. The molecule has 26 heavy (non-hydrogen) atoms. The Kier molecular flexibility index (Phi) is 5.04. The van der Waals surface area contributed by atoms with Crippen molar-refractivity contribution in [1.29, 1.82) is 0 Å². The SMILES string of the molecule is O=C(CN1C(=O)N/C(=C\c2cc(Br)ccc2O)C1=O)Nc1ccccc1. The first-order valence-corrected chi connectivity index (χ1v) is 8.41. The number of halogens is 1. The van der Waals surface area contributed by atoms with Gasteiger partial charge in [-0.05, 0) is 36.4 Å². The van der Waals surface area contributed by atoms with Crippen LogP contribution in [0.1, 0.15) is 5.56 Å². The maximum absolute atomic E-state index is 12.4. The highest BCUT2D eigenvalue weighted by molar-refractivity contribution is 9.10. The molecule has 0 saturated carbocycles. The van der Waals surface area contributed by atoms with Crippen molar-refractivity contribution < 1.29 is 19.5 Å². The Bertz CT molecular complexity index is 912. The van der Waals surface area contributed by atoms with E-state index in [1.54, 1.807) is 36.4 Å². The summed E-state index contributed by atoms with van der Waals surface area (Å²) in [4.78, 5) is 37.3. The van der Waals surface area contributed by atoms with Crippen molar-refractivity contribution in [2.24, 2.45) is 0 Å². The smallest absolute Gasteiger partial charge is 0.329 e. The van der Waals surface area contributed by atoms with Crippen LogP contribution in [0.2, 0.25) is 0 Å². The van der Waals surface area contributed by atoms with E-state index in [2.05, 4.69) is 26.6 Å². The summed E-state index contributed by atoms with van der Waals surface area (Å²) in [5, 5.41) is 14.9. The van der Waals surface area contributed by atoms with E-state index in [0.29, 0.717) is 15.7 Å². The third kappa shape index (κ3) is 3.92. The predicted octanol–water partition coefficient (Wildman–Crippen LogP) is 2.69. The van der Waals surface area contributed by atoms with E-state index in [-0.39, 0.29) is 11.4 Å². The number of hydrogen-bond donors (Lipinski definition) is 3. The minimum Gasteiger partial charge on any atom is -0.507 e. The molecule has 132 valence electrons. The minimum atomic E-state index is -0.695. The van der Waals surface area contributed by atoms with Gasteiger partial charge in [0, 0.05) is 15.7 Å². The molecule has 3 rings (SSSR count). The highest BCUT2D eigenvalue weighted by atomic mass is 79.9. The number of anilines is 1. The lowest BCUT2D eigenvalue weighted by Gasteiger charge is -2.11. The Labute approximate surface area is 157 Å². The molecule has 0 radical (unpaired) electrons. The van der Waals surface area contributed by atoms with Gasteiger partial charge in [0.15, 0.2) is 0 Å². The summed E-state index contributed by atoms with van der Waals surface area (Å²) in [6.45, 7) is -0.415. The van der Waals surface area contributed by atoms with Gasteiger partial charge >= 0.3 is 6.03 Å². The van der Waals surface area contributed by atoms with E-state index in [1.165, 1.54) is 12.1 Å². The van der Waals surface area contributed by atoms with Crippen LogP contribution in [0.25, 0.3) is 6.08 Å². The van der Waals surface area contributed by atoms with Crippen molar-refractivity contribution in [3.8, 4) is 5.75 Å². The Morgan fingerprint density at radius 2 is 1.92 bits per heavy atom. The standard InChI is InChI=1S/C18H14BrN3O4/c19-12-6-7-15(23)11(8-12)9-14-17(25)22(18(26)21-14)10-16(24)20-13-4-2-1-3-5-13/h1-9,23H,10H2,(H,20,24)(H,21,26)/b14-9-. The Morgan fingerprint density at radius 1 is 1.19 bits per heavy atom. The largest absolute Gasteiger partial charge is 0.507 e. The summed E-state index contributed by atoms with van der Waals surface area (Å²) in [5.74, 6) is -1.17. The number of rotatable bonds is 4. The molecule has 1 heterocycles. The maximum Gasteiger partial charge on any atom is 0.329 e. The lowest BCUT2D eigenvalue weighted by molar-refractivity contribution is -0.127. The zero-order valence-corrected chi connectivity index (χ0v) is 15.0. The molecule has 4 amide bonds. The quantitative estimate of drug-likeness (QED) is 0.527. The number of nitrogens with one attached hydrogen (secondary N) is 2. The van der Waals surface area contributed by atoms with Crippen molar-refractivity contribution in [2.45, 2.75) is 0 Å². The summed E-state index contributed by atoms with van der Waals surface area (Å²) >= 11 is 3.27. The van der Waals surface area contributed by atoms with E-state index in [0.717, 1.165) is 4.90 Å². The van der Waals surface area contributed by atoms with Crippen LogP contribution in [0.3, 0.4) is 0 Å². The molecule has 2 aromatic rings. The van der Waals surface area contributed by atoms with Crippen molar-refractivity contribution in [3.05, 3.63) is 64.3 Å². The minimum absolute atomic E-state index is 0.0177. The number of para-hydroxylation sites is 1. The van der Waals surface area contributed by atoms with Crippen molar-refractivity contribution in [3.63, 3.8) is 0 Å².